The number of rotatable bonds is 2. The average Bonchev–Trinajstić information content (AvgIpc) is 2.42. The molecule has 0 radical (unpaired) electrons. The number of anilines is 1. The fourth-order valence-electron chi connectivity index (χ4n) is 1.93. The predicted octanol–water partition coefficient (Wildman–Crippen LogP) is 4.73. The highest BCUT2D eigenvalue weighted by Gasteiger charge is 2.06. The van der Waals surface area contributed by atoms with Gasteiger partial charge in [-0.1, -0.05) is 33.8 Å². The fraction of sp³-hybridized carbons (Fsp3) is 0. The standard InChI is InChI=1S/C15H11BrN2S/c16-10-2-1-3-11(8-10)19-15-5-4-14(17)12-6-7-18-9-13(12)15/h1-9H,17H2. The summed E-state index contributed by atoms with van der Waals surface area (Å²) in [4.78, 5) is 6.54. The molecule has 19 heavy (non-hydrogen) atoms. The Morgan fingerprint density at radius 3 is 2.79 bits per heavy atom. The maximum absolute atomic E-state index is 6.00. The number of hydrogen-bond acceptors (Lipinski definition) is 3. The van der Waals surface area contributed by atoms with Crippen LogP contribution >= 0.6 is 27.7 Å². The first-order chi connectivity index (χ1) is 9.24. The lowest BCUT2D eigenvalue weighted by atomic mass is 10.1. The van der Waals surface area contributed by atoms with E-state index in [0.29, 0.717) is 0 Å². The Hall–Kier alpha value is -1.52. The van der Waals surface area contributed by atoms with Crippen LogP contribution in [0.1, 0.15) is 0 Å². The minimum absolute atomic E-state index is 0.788. The van der Waals surface area contributed by atoms with Crippen molar-refractivity contribution in [2.75, 3.05) is 5.73 Å². The Kier molecular flexibility index (Phi) is 3.44. The van der Waals surface area contributed by atoms with Gasteiger partial charge >= 0.3 is 0 Å². The summed E-state index contributed by atoms with van der Waals surface area (Å²) in [5.41, 5.74) is 6.79. The van der Waals surface area contributed by atoms with Crippen molar-refractivity contribution < 1.29 is 0 Å². The van der Waals surface area contributed by atoms with Crippen LogP contribution in [0.2, 0.25) is 0 Å². The van der Waals surface area contributed by atoms with Gasteiger partial charge in [0, 0.05) is 43.1 Å². The van der Waals surface area contributed by atoms with Crippen LogP contribution in [0.5, 0.6) is 0 Å². The molecule has 2 aromatic carbocycles. The zero-order valence-corrected chi connectivity index (χ0v) is 12.4. The molecule has 3 rings (SSSR count). The lowest BCUT2D eigenvalue weighted by Crippen LogP contribution is -1.88. The molecule has 0 saturated heterocycles. The summed E-state index contributed by atoms with van der Waals surface area (Å²) in [6.45, 7) is 0. The molecule has 2 nitrogen and oxygen atoms in total. The molecule has 0 amide bonds. The molecule has 0 spiro atoms. The molecule has 2 N–H and O–H groups in total. The quantitative estimate of drug-likeness (QED) is 0.690. The van der Waals surface area contributed by atoms with Crippen molar-refractivity contribution in [3.8, 4) is 0 Å². The Morgan fingerprint density at radius 1 is 1.05 bits per heavy atom. The average molecular weight is 331 g/mol. The number of nitrogen functional groups attached to an aromatic ring is 1. The van der Waals surface area contributed by atoms with Gasteiger partial charge in [0.15, 0.2) is 0 Å². The van der Waals surface area contributed by atoms with E-state index in [-0.39, 0.29) is 0 Å². The van der Waals surface area contributed by atoms with E-state index in [4.69, 9.17) is 5.73 Å². The number of nitrogens with two attached hydrogens (primary N) is 1. The largest absolute Gasteiger partial charge is 0.398 e. The van der Waals surface area contributed by atoms with Crippen LogP contribution in [0.15, 0.2) is 69.1 Å². The number of aromatic nitrogens is 1. The van der Waals surface area contributed by atoms with Crippen molar-refractivity contribution in [1.82, 2.24) is 4.98 Å². The molecule has 94 valence electrons. The maximum atomic E-state index is 6.00. The van der Waals surface area contributed by atoms with Gasteiger partial charge in [-0.25, -0.2) is 0 Å². The lowest BCUT2D eigenvalue weighted by molar-refractivity contribution is 1.34. The summed E-state index contributed by atoms with van der Waals surface area (Å²) in [5.74, 6) is 0. The van der Waals surface area contributed by atoms with Gasteiger partial charge in [-0.3, -0.25) is 4.98 Å². The van der Waals surface area contributed by atoms with Gasteiger partial charge in [-0.15, -0.1) is 0 Å². The van der Waals surface area contributed by atoms with Crippen molar-refractivity contribution in [3.05, 3.63) is 59.3 Å². The fourth-order valence-corrected chi connectivity index (χ4v) is 3.48. The molecule has 0 unspecified atom stereocenters. The Bertz CT molecular complexity index is 743. The molecule has 4 heteroatoms. The number of fused-ring (bicyclic) bond motifs is 1. The van der Waals surface area contributed by atoms with Crippen LogP contribution in [0.3, 0.4) is 0 Å². The highest BCUT2D eigenvalue weighted by molar-refractivity contribution is 9.10. The third-order valence-corrected chi connectivity index (χ3v) is 4.39. The second-order valence-corrected chi connectivity index (χ2v) is 6.16. The summed E-state index contributed by atoms with van der Waals surface area (Å²) in [6.07, 6.45) is 3.64. The first kappa shape index (κ1) is 12.5. The van der Waals surface area contributed by atoms with E-state index in [9.17, 15) is 0 Å². The minimum atomic E-state index is 0.788. The van der Waals surface area contributed by atoms with Gasteiger partial charge in [0.05, 0.1) is 0 Å². The van der Waals surface area contributed by atoms with E-state index in [1.165, 1.54) is 4.90 Å². The summed E-state index contributed by atoms with van der Waals surface area (Å²) < 4.78 is 1.08. The van der Waals surface area contributed by atoms with Crippen molar-refractivity contribution in [3.63, 3.8) is 0 Å². The molecule has 1 aromatic heterocycles. The molecule has 0 aliphatic heterocycles. The van der Waals surface area contributed by atoms with Gasteiger partial charge in [0.25, 0.3) is 0 Å². The molecule has 0 aliphatic carbocycles. The van der Waals surface area contributed by atoms with Crippen molar-refractivity contribution in [1.29, 1.82) is 0 Å². The minimum Gasteiger partial charge on any atom is -0.398 e. The zero-order chi connectivity index (χ0) is 13.2. The van der Waals surface area contributed by atoms with E-state index in [1.54, 1.807) is 18.0 Å². The first-order valence-corrected chi connectivity index (χ1v) is 7.40. The van der Waals surface area contributed by atoms with Gasteiger partial charge in [0.1, 0.15) is 0 Å². The normalized spacial score (nSPS) is 10.8. The Balaban J connectivity index is 2.09. The number of nitrogens with zero attached hydrogens (tertiary/aromatic N) is 1. The first-order valence-electron chi connectivity index (χ1n) is 5.80. The van der Waals surface area contributed by atoms with Gasteiger partial charge in [0.2, 0.25) is 0 Å². The van der Waals surface area contributed by atoms with Gasteiger partial charge in [-0.2, -0.15) is 0 Å². The second-order valence-electron chi connectivity index (χ2n) is 4.13. The number of halogens is 1. The lowest BCUT2D eigenvalue weighted by Gasteiger charge is -2.08. The van der Waals surface area contributed by atoms with E-state index >= 15 is 0 Å². The molecular weight excluding hydrogens is 320 g/mol. The Morgan fingerprint density at radius 2 is 1.95 bits per heavy atom. The highest BCUT2D eigenvalue weighted by atomic mass is 79.9. The Labute approximate surface area is 124 Å². The summed E-state index contributed by atoms with van der Waals surface area (Å²) >= 11 is 5.21. The highest BCUT2D eigenvalue weighted by Crippen LogP contribution is 2.35. The summed E-state index contributed by atoms with van der Waals surface area (Å²) in [6, 6.07) is 14.2. The van der Waals surface area contributed by atoms with Crippen LogP contribution in [-0.4, -0.2) is 4.98 Å². The smallest absolute Gasteiger partial charge is 0.0395 e. The number of benzene rings is 2. The number of pyridine rings is 1. The van der Waals surface area contributed by atoms with Crippen LogP contribution < -0.4 is 5.73 Å². The predicted molar refractivity (Wildman–Crippen MR) is 84.4 cm³/mol. The molecule has 3 aromatic rings. The molecule has 0 atom stereocenters. The van der Waals surface area contributed by atoms with E-state index in [0.717, 1.165) is 25.8 Å². The van der Waals surface area contributed by atoms with E-state index < -0.39 is 0 Å². The molecule has 0 saturated carbocycles. The summed E-state index contributed by atoms with van der Waals surface area (Å²) in [5, 5.41) is 2.14. The van der Waals surface area contributed by atoms with Gasteiger partial charge in [-0.05, 0) is 36.4 Å². The molecule has 1 heterocycles. The zero-order valence-electron chi connectivity index (χ0n) is 10.0. The summed E-state index contributed by atoms with van der Waals surface area (Å²) in [7, 11) is 0. The molecule has 0 bridgehead atoms. The van der Waals surface area contributed by atoms with Crippen LogP contribution in [-0.2, 0) is 0 Å². The van der Waals surface area contributed by atoms with E-state index in [1.807, 2.05) is 36.5 Å². The van der Waals surface area contributed by atoms with Gasteiger partial charge < -0.3 is 5.73 Å². The second kappa shape index (κ2) is 5.23. The van der Waals surface area contributed by atoms with Crippen molar-refractivity contribution in [2.24, 2.45) is 0 Å². The third kappa shape index (κ3) is 2.60. The number of hydrogen-bond donors (Lipinski definition) is 1. The molecular formula is C15H11BrN2S. The van der Waals surface area contributed by atoms with Crippen molar-refractivity contribution in [2.45, 2.75) is 9.79 Å². The molecule has 0 aliphatic rings. The van der Waals surface area contributed by atoms with Crippen molar-refractivity contribution >= 4 is 44.2 Å². The van der Waals surface area contributed by atoms with Crippen LogP contribution in [0, 0.1) is 0 Å². The van der Waals surface area contributed by atoms with Crippen LogP contribution in [0.4, 0.5) is 5.69 Å². The molecule has 0 fully saturated rings. The van der Waals surface area contributed by atoms with Crippen LogP contribution in [0.25, 0.3) is 10.8 Å². The maximum Gasteiger partial charge on any atom is 0.0395 e. The monoisotopic (exact) mass is 330 g/mol. The topological polar surface area (TPSA) is 38.9 Å². The SMILES string of the molecule is Nc1ccc(Sc2cccc(Br)c2)c2cnccc12. The third-order valence-electron chi connectivity index (χ3n) is 2.84. The van der Waals surface area contributed by atoms with E-state index in [2.05, 4.69) is 33.0 Å².